The van der Waals surface area contributed by atoms with Crippen molar-refractivity contribution in [1.82, 2.24) is 0 Å². The molecule has 1 aromatic rings. The molecular formula is C18H25NO2. The van der Waals surface area contributed by atoms with E-state index in [9.17, 15) is 0 Å². The minimum absolute atomic E-state index is 0.127. The van der Waals surface area contributed by atoms with Crippen LogP contribution in [0.15, 0.2) is 18.2 Å². The summed E-state index contributed by atoms with van der Waals surface area (Å²) < 4.78 is 12.4. The van der Waals surface area contributed by atoms with Crippen LogP contribution in [0.3, 0.4) is 0 Å². The molecule has 1 saturated carbocycles. The highest BCUT2D eigenvalue weighted by Crippen LogP contribution is 2.41. The minimum atomic E-state index is 0.127. The molecule has 3 aliphatic rings. The highest BCUT2D eigenvalue weighted by molar-refractivity contribution is 5.40. The first-order valence-electron chi connectivity index (χ1n) is 8.43. The lowest BCUT2D eigenvalue weighted by Crippen LogP contribution is -2.41. The molecule has 0 aromatic heterocycles. The number of fused-ring (bicyclic) bond motifs is 1. The van der Waals surface area contributed by atoms with Gasteiger partial charge in [0.2, 0.25) is 0 Å². The molecule has 2 unspecified atom stereocenters. The molecule has 2 atom stereocenters. The Morgan fingerprint density at radius 3 is 2.90 bits per heavy atom. The van der Waals surface area contributed by atoms with Crippen LogP contribution >= 0.6 is 0 Å². The van der Waals surface area contributed by atoms with Crippen molar-refractivity contribution >= 4 is 0 Å². The molecule has 0 amide bonds. The monoisotopic (exact) mass is 287 g/mol. The van der Waals surface area contributed by atoms with Gasteiger partial charge < -0.3 is 15.2 Å². The number of aryl methyl sites for hydroxylation is 1. The smallest absolute Gasteiger partial charge is 0.120 e. The lowest BCUT2D eigenvalue weighted by molar-refractivity contribution is -0.108. The second kappa shape index (κ2) is 5.29. The van der Waals surface area contributed by atoms with Gasteiger partial charge in [-0.05, 0) is 48.9 Å². The maximum Gasteiger partial charge on any atom is 0.120 e. The highest BCUT2D eigenvalue weighted by Gasteiger charge is 2.40. The normalized spacial score (nSPS) is 30.5. The molecular weight excluding hydrogens is 262 g/mol. The Bertz CT molecular complexity index is 522. The molecule has 1 saturated heterocycles. The average Bonchev–Trinajstić information content (AvgIpc) is 3.07. The first kappa shape index (κ1) is 13.6. The lowest BCUT2D eigenvalue weighted by atomic mass is 9.90. The van der Waals surface area contributed by atoms with E-state index in [1.165, 1.54) is 36.8 Å². The van der Waals surface area contributed by atoms with Crippen LogP contribution in [0.25, 0.3) is 0 Å². The van der Waals surface area contributed by atoms with E-state index in [1.807, 2.05) is 0 Å². The van der Waals surface area contributed by atoms with Gasteiger partial charge in [0.15, 0.2) is 0 Å². The van der Waals surface area contributed by atoms with Gasteiger partial charge >= 0.3 is 0 Å². The summed E-state index contributed by atoms with van der Waals surface area (Å²) in [6.45, 7) is 0.848. The summed E-state index contributed by atoms with van der Waals surface area (Å²) in [5.74, 6) is 1.02. The van der Waals surface area contributed by atoms with Gasteiger partial charge in [0.25, 0.3) is 0 Å². The Morgan fingerprint density at radius 2 is 2.05 bits per heavy atom. The fourth-order valence-electron chi connectivity index (χ4n) is 4.34. The van der Waals surface area contributed by atoms with Crippen LogP contribution in [0.4, 0.5) is 0 Å². The molecule has 2 N–H and O–H groups in total. The van der Waals surface area contributed by atoms with Gasteiger partial charge in [0.05, 0.1) is 12.2 Å². The summed E-state index contributed by atoms with van der Waals surface area (Å²) in [5, 5.41) is 0. The van der Waals surface area contributed by atoms with E-state index >= 15 is 0 Å². The maximum atomic E-state index is 6.28. The highest BCUT2D eigenvalue weighted by atomic mass is 16.5. The Labute approximate surface area is 126 Å². The fourth-order valence-corrected chi connectivity index (χ4v) is 4.34. The van der Waals surface area contributed by atoms with Gasteiger partial charge in [-0.1, -0.05) is 18.9 Å². The third-order valence-electron chi connectivity index (χ3n) is 5.50. The summed E-state index contributed by atoms with van der Waals surface area (Å²) in [4.78, 5) is 0. The van der Waals surface area contributed by atoms with Gasteiger partial charge in [-0.3, -0.25) is 0 Å². The molecule has 0 radical (unpaired) electrons. The number of ether oxygens (including phenoxy) is 2. The van der Waals surface area contributed by atoms with Crippen molar-refractivity contribution < 1.29 is 9.47 Å². The zero-order chi connectivity index (χ0) is 14.3. The fraction of sp³-hybridized carbons (Fsp3) is 0.667. The summed E-state index contributed by atoms with van der Waals surface area (Å²) in [7, 11) is 0. The summed E-state index contributed by atoms with van der Waals surface area (Å²) >= 11 is 0. The maximum absolute atomic E-state index is 6.28. The molecule has 114 valence electrons. The van der Waals surface area contributed by atoms with Crippen LogP contribution in [0.1, 0.15) is 62.1 Å². The van der Waals surface area contributed by atoms with Gasteiger partial charge in [-0.15, -0.1) is 0 Å². The van der Waals surface area contributed by atoms with Crippen LogP contribution in [0.2, 0.25) is 0 Å². The van der Waals surface area contributed by atoms with E-state index in [4.69, 9.17) is 15.2 Å². The van der Waals surface area contributed by atoms with Crippen molar-refractivity contribution in [1.29, 1.82) is 0 Å². The lowest BCUT2D eigenvalue weighted by Gasteiger charge is -2.38. The van der Waals surface area contributed by atoms with E-state index in [2.05, 4.69) is 18.2 Å². The summed E-state index contributed by atoms with van der Waals surface area (Å²) in [5.41, 5.74) is 8.91. The SMILES string of the molecule is NC1CCc2cc(OC3CCOC4(CCCC4)C3)ccc21. The predicted molar refractivity (Wildman–Crippen MR) is 82.5 cm³/mol. The van der Waals surface area contributed by atoms with E-state index in [0.717, 1.165) is 38.0 Å². The van der Waals surface area contributed by atoms with Crippen molar-refractivity contribution in [2.45, 2.75) is 69.1 Å². The molecule has 2 fully saturated rings. The molecule has 21 heavy (non-hydrogen) atoms. The van der Waals surface area contributed by atoms with Crippen molar-refractivity contribution in [3.05, 3.63) is 29.3 Å². The summed E-state index contributed by atoms with van der Waals surface area (Å²) in [6.07, 6.45) is 9.59. The number of hydrogen-bond donors (Lipinski definition) is 1. The quantitative estimate of drug-likeness (QED) is 0.905. The number of rotatable bonds is 2. The Kier molecular flexibility index (Phi) is 3.43. The second-order valence-corrected chi connectivity index (χ2v) is 6.98. The number of nitrogens with two attached hydrogens (primary N) is 1. The average molecular weight is 287 g/mol. The van der Waals surface area contributed by atoms with Gasteiger partial charge in [-0.25, -0.2) is 0 Å². The van der Waals surface area contributed by atoms with Gasteiger partial charge in [0, 0.05) is 18.9 Å². The molecule has 1 heterocycles. The van der Waals surface area contributed by atoms with Crippen LogP contribution in [0.5, 0.6) is 5.75 Å². The van der Waals surface area contributed by atoms with Crippen LogP contribution in [-0.2, 0) is 11.2 Å². The Balaban J connectivity index is 1.46. The van der Waals surface area contributed by atoms with Crippen molar-refractivity contribution in [2.75, 3.05) is 6.61 Å². The third-order valence-corrected chi connectivity index (χ3v) is 5.50. The van der Waals surface area contributed by atoms with E-state index < -0.39 is 0 Å². The molecule has 4 rings (SSSR count). The minimum Gasteiger partial charge on any atom is -0.490 e. The zero-order valence-electron chi connectivity index (χ0n) is 12.6. The van der Waals surface area contributed by atoms with E-state index in [0.29, 0.717) is 6.10 Å². The van der Waals surface area contributed by atoms with E-state index in [-0.39, 0.29) is 11.6 Å². The van der Waals surface area contributed by atoms with Gasteiger partial charge in [-0.2, -0.15) is 0 Å². The van der Waals surface area contributed by atoms with Crippen LogP contribution in [0, 0.1) is 0 Å². The third kappa shape index (κ3) is 2.58. The number of hydrogen-bond acceptors (Lipinski definition) is 3. The second-order valence-electron chi connectivity index (χ2n) is 6.98. The predicted octanol–water partition coefficient (Wildman–Crippen LogP) is 3.50. The van der Waals surface area contributed by atoms with Crippen molar-refractivity contribution in [3.8, 4) is 5.75 Å². The molecule has 3 nitrogen and oxygen atoms in total. The largest absolute Gasteiger partial charge is 0.490 e. The molecule has 1 aliphatic heterocycles. The van der Waals surface area contributed by atoms with Crippen LogP contribution in [-0.4, -0.2) is 18.3 Å². The first-order valence-corrected chi connectivity index (χ1v) is 8.43. The molecule has 1 aromatic carbocycles. The standard InChI is InChI=1S/C18H25NO2/c19-17-6-3-13-11-14(4-5-16(13)17)21-15-7-10-20-18(12-15)8-1-2-9-18/h4-5,11,15,17H,1-3,6-10,12,19H2. The zero-order valence-corrected chi connectivity index (χ0v) is 12.6. The van der Waals surface area contributed by atoms with Gasteiger partial charge in [0.1, 0.15) is 11.9 Å². The molecule has 3 heteroatoms. The van der Waals surface area contributed by atoms with Crippen molar-refractivity contribution in [2.24, 2.45) is 5.73 Å². The number of benzene rings is 1. The Hall–Kier alpha value is -1.06. The molecule has 2 aliphatic carbocycles. The van der Waals surface area contributed by atoms with Crippen LogP contribution < -0.4 is 10.5 Å². The summed E-state index contributed by atoms with van der Waals surface area (Å²) in [6, 6.07) is 6.69. The van der Waals surface area contributed by atoms with E-state index in [1.54, 1.807) is 0 Å². The molecule has 0 bridgehead atoms. The Morgan fingerprint density at radius 1 is 1.19 bits per heavy atom. The first-order chi connectivity index (χ1) is 10.2. The van der Waals surface area contributed by atoms with Crippen molar-refractivity contribution in [3.63, 3.8) is 0 Å². The molecule has 1 spiro atoms. The topological polar surface area (TPSA) is 44.5 Å².